The highest BCUT2D eigenvalue weighted by atomic mass is 16.5. The fraction of sp³-hybridized carbons (Fsp3) is 0.231. The molecule has 1 aromatic heterocycles. The third kappa shape index (κ3) is 3.18. The summed E-state index contributed by atoms with van der Waals surface area (Å²) in [6, 6.07) is 9.76. The minimum absolute atomic E-state index is 0.234. The lowest BCUT2D eigenvalue weighted by Crippen LogP contribution is -2.15. The van der Waals surface area contributed by atoms with Gasteiger partial charge in [-0.15, -0.1) is 0 Å². The number of aromatic nitrogens is 2. The first-order valence-corrected chi connectivity index (χ1v) is 5.64. The zero-order chi connectivity index (χ0) is 12.8. The maximum Gasteiger partial charge on any atom is 0.257 e. The summed E-state index contributed by atoms with van der Waals surface area (Å²) < 4.78 is 5.44. The summed E-state index contributed by atoms with van der Waals surface area (Å²) in [6.45, 7) is 0.844. The smallest absolute Gasteiger partial charge is 0.257 e. The SMILES string of the molecule is O=c1[nH]cnc(O)c1CCOCc1ccccc1. The molecule has 94 valence electrons. The number of rotatable bonds is 5. The van der Waals surface area contributed by atoms with E-state index in [9.17, 15) is 9.90 Å². The minimum atomic E-state index is -0.328. The molecule has 0 aliphatic heterocycles. The molecular formula is C13H14N2O3. The average Bonchev–Trinajstić information content (AvgIpc) is 2.38. The van der Waals surface area contributed by atoms with Gasteiger partial charge in [-0.3, -0.25) is 4.79 Å². The van der Waals surface area contributed by atoms with Crippen LogP contribution in [0.5, 0.6) is 5.88 Å². The zero-order valence-electron chi connectivity index (χ0n) is 9.80. The van der Waals surface area contributed by atoms with E-state index in [-0.39, 0.29) is 17.0 Å². The molecular weight excluding hydrogens is 232 g/mol. The maximum absolute atomic E-state index is 11.4. The summed E-state index contributed by atoms with van der Waals surface area (Å²) >= 11 is 0. The topological polar surface area (TPSA) is 75.2 Å². The van der Waals surface area contributed by atoms with E-state index in [4.69, 9.17) is 4.74 Å². The van der Waals surface area contributed by atoms with Crippen molar-refractivity contribution >= 4 is 0 Å². The summed E-state index contributed by atoms with van der Waals surface area (Å²) in [7, 11) is 0. The number of nitrogens with one attached hydrogen (secondary N) is 1. The molecule has 5 heteroatoms. The van der Waals surface area contributed by atoms with Gasteiger partial charge < -0.3 is 14.8 Å². The van der Waals surface area contributed by atoms with Crippen LogP contribution in [0.4, 0.5) is 0 Å². The van der Waals surface area contributed by atoms with Crippen LogP contribution in [0.3, 0.4) is 0 Å². The van der Waals surface area contributed by atoms with Crippen LogP contribution < -0.4 is 5.56 Å². The Morgan fingerprint density at radius 2 is 2.06 bits per heavy atom. The molecule has 0 radical (unpaired) electrons. The molecule has 1 aromatic carbocycles. The zero-order valence-corrected chi connectivity index (χ0v) is 9.80. The first-order valence-electron chi connectivity index (χ1n) is 5.64. The summed E-state index contributed by atoms with van der Waals surface area (Å²) in [5, 5.41) is 9.42. The van der Waals surface area contributed by atoms with E-state index < -0.39 is 0 Å². The Hall–Kier alpha value is -2.14. The van der Waals surface area contributed by atoms with E-state index in [1.807, 2.05) is 30.3 Å². The second-order valence-corrected chi connectivity index (χ2v) is 3.82. The van der Waals surface area contributed by atoms with Crippen LogP contribution >= 0.6 is 0 Å². The number of H-pyrrole nitrogens is 1. The van der Waals surface area contributed by atoms with Crippen molar-refractivity contribution in [3.63, 3.8) is 0 Å². The van der Waals surface area contributed by atoms with Gasteiger partial charge in [0.25, 0.3) is 5.56 Å². The Morgan fingerprint density at radius 1 is 1.28 bits per heavy atom. The molecule has 2 aromatic rings. The molecule has 0 spiro atoms. The molecule has 0 aliphatic rings. The lowest BCUT2D eigenvalue weighted by molar-refractivity contribution is 0.123. The van der Waals surface area contributed by atoms with Crippen molar-refractivity contribution in [2.45, 2.75) is 13.0 Å². The standard InChI is InChI=1S/C13H14N2O3/c16-12-11(13(17)15-9-14-12)6-7-18-8-10-4-2-1-3-5-10/h1-5,9H,6-8H2,(H2,14,15,16,17). The number of hydrogen-bond donors (Lipinski definition) is 2. The van der Waals surface area contributed by atoms with Crippen LogP contribution in [0, 0.1) is 0 Å². The molecule has 0 fully saturated rings. The van der Waals surface area contributed by atoms with E-state index in [2.05, 4.69) is 9.97 Å². The third-order valence-corrected chi connectivity index (χ3v) is 2.53. The Morgan fingerprint density at radius 3 is 2.78 bits per heavy atom. The van der Waals surface area contributed by atoms with Crippen molar-refractivity contribution in [1.29, 1.82) is 0 Å². The van der Waals surface area contributed by atoms with E-state index >= 15 is 0 Å². The largest absolute Gasteiger partial charge is 0.493 e. The van der Waals surface area contributed by atoms with Crippen LogP contribution in [-0.2, 0) is 17.8 Å². The van der Waals surface area contributed by atoms with Crippen molar-refractivity contribution < 1.29 is 9.84 Å². The second-order valence-electron chi connectivity index (χ2n) is 3.82. The van der Waals surface area contributed by atoms with Crippen LogP contribution in [0.2, 0.25) is 0 Å². The summed E-state index contributed by atoms with van der Waals surface area (Å²) in [6.07, 6.45) is 1.51. The molecule has 0 saturated heterocycles. The lowest BCUT2D eigenvalue weighted by atomic mass is 10.2. The van der Waals surface area contributed by atoms with Gasteiger partial charge in [-0.1, -0.05) is 30.3 Å². The van der Waals surface area contributed by atoms with E-state index in [0.29, 0.717) is 19.6 Å². The monoisotopic (exact) mass is 246 g/mol. The molecule has 2 N–H and O–H groups in total. The van der Waals surface area contributed by atoms with Gasteiger partial charge in [0.1, 0.15) is 0 Å². The highest BCUT2D eigenvalue weighted by Crippen LogP contribution is 2.07. The molecule has 0 saturated carbocycles. The normalized spacial score (nSPS) is 10.4. The van der Waals surface area contributed by atoms with Gasteiger partial charge in [0, 0.05) is 6.42 Å². The van der Waals surface area contributed by atoms with Crippen molar-refractivity contribution in [2.24, 2.45) is 0 Å². The number of benzene rings is 1. The summed E-state index contributed by atoms with van der Waals surface area (Å²) in [5.41, 5.74) is 0.998. The molecule has 0 amide bonds. The molecule has 2 rings (SSSR count). The predicted molar refractivity (Wildman–Crippen MR) is 66.3 cm³/mol. The lowest BCUT2D eigenvalue weighted by Gasteiger charge is -2.04. The number of ether oxygens (including phenoxy) is 1. The Balaban J connectivity index is 1.84. The van der Waals surface area contributed by atoms with E-state index in [1.54, 1.807) is 0 Å². The second kappa shape index (κ2) is 5.97. The van der Waals surface area contributed by atoms with Crippen LogP contribution in [0.15, 0.2) is 41.5 Å². The van der Waals surface area contributed by atoms with Crippen molar-refractivity contribution in [2.75, 3.05) is 6.61 Å². The highest BCUT2D eigenvalue weighted by molar-refractivity contribution is 5.20. The van der Waals surface area contributed by atoms with Crippen molar-refractivity contribution in [3.8, 4) is 5.88 Å². The number of nitrogens with zero attached hydrogens (tertiary/aromatic N) is 1. The van der Waals surface area contributed by atoms with Gasteiger partial charge in [0.05, 0.1) is 25.1 Å². The average molecular weight is 246 g/mol. The summed E-state index contributed by atoms with van der Waals surface area (Å²) in [5.74, 6) is -0.234. The fourth-order valence-corrected chi connectivity index (χ4v) is 1.58. The van der Waals surface area contributed by atoms with E-state index in [0.717, 1.165) is 5.56 Å². The van der Waals surface area contributed by atoms with Gasteiger partial charge in [-0.05, 0) is 5.56 Å². The van der Waals surface area contributed by atoms with Crippen LogP contribution in [-0.4, -0.2) is 21.7 Å². The molecule has 0 unspecified atom stereocenters. The number of aromatic hydroxyl groups is 1. The van der Waals surface area contributed by atoms with Crippen LogP contribution in [0.25, 0.3) is 0 Å². The number of aromatic amines is 1. The maximum atomic E-state index is 11.4. The van der Waals surface area contributed by atoms with Crippen LogP contribution in [0.1, 0.15) is 11.1 Å². The Bertz CT molecular complexity index is 552. The van der Waals surface area contributed by atoms with E-state index in [1.165, 1.54) is 6.33 Å². The third-order valence-electron chi connectivity index (χ3n) is 2.53. The molecule has 0 atom stereocenters. The minimum Gasteiger partial charge on any atom is -0.493 e. The van der Waals surface area contributed by atoms with Crippen molar-refractivity contribution in [3.05, 3.63) is 58.1 Å². The quantitative estimate of drug-likeness (QED) is 0.778. The fourth-order valence-electron chi connectivity index (χ4n) is 1.58. The molecule has 1 heterocycles. The van der Waals surface area contributed by atoms with Gasteiger partial charge >= 0.3 is 0 Å². The number of hydrogen-bond acceptors (Lipinski definition) is 4. The van der Waals surface area contributed by atoms with Crippen molar-refractivity contribution in [1.82, 2.24) is 9.97 Å². The molecule has 18 heavy (non-hydrogen) atoms. The molecule has 0 aliphatic carbocycles. The first-order chi connectivity index (χ1) is 8.77. The highest BCUT2D eigenvalue weighted by Gasteiger charge is 2.06. The van der Waals surface area contributed by atoms with Gasteiger partial charge in [-0.2, -0.15) is 0 Å². The molecule has 5 nitrogen and oxygen atoms in total. The summed E-state index contributed by atoms with van der Waals surface area (Å²) in [4.78, 5) is 17.4. The molecule has 0 bridgehead atoms. The van der Waals surface area contributed by atoms with Gasteiger partial charge in [-0.25, -0.2) is 4.98 Å². The predicted octanol–water partition coefficient (Wildman–Crippen LogP) is 1.23. The van der Waals surface area contributed by atoms with Gasteiger partial charge in [0.2, 0.25) is 5.88 Å². The van der Waals surface area contributed by atoms with Gasteiger partial charge in [0.15, 0.2) is 0 Å². The first kappa shape index (κ1) is 12.3. The Kier molecular flexibility index (Phi) is 4.09. The Labute approximate surface area is 104 Å².